The number of hydrogen-bond acceptors (Lipinski definition) is 3. The highest BCUT2D eigenvalue weighted by molar-refractivity contribution is 5.76. The van der Waals surface area contributed by atoms with E-state index in [9.17, 15) is 4.79 Å². The maximum absolute atomic E-state index is 11.9. The van der Waals surface area contributed by atoms with Crippen molar-refractivity contribution in [2.45, 2.75) is 84.3 Å². The second-order valence-electron chi connectivity index (χ2n) is 6.95. The highest BCUT2D eigenvalue weighted by Crippen LogP contribution is 2.17. The Hall–Kier alpha value is -0.610. The molecule has 0 aromatic heterocycles. The summed E-state index contributed by atoms with van der Waals surface area (Å²) < 4.78 is 10.9. The Kier molecular flexibility index (Phi) is 9.88. The Balaban J connectivity index is 3.86. The number of rotatable bonds is 12. The van der Waals surface area contributed by atoms with Crippen LogP contribution < -0.4 is 5.32 Å². The smallest absolute Gasteiger partial charge is 0.220 e. The Morgan fingerprint density at radius 1 is 1.05 bits per heavy atom. The number of unbranched alkanes of at least 4 members (excludes halogenated alkanes) is 2. The molecule has 0 aliphatic heterocycles. The maximum Gasteiger partial charge on any atom is 0.220 e. The van der Waals surface area contributed by atoms with Crippen molar-refractivity contribution < 1.29 is 14.3 Å². The zero-order valence-corrected chi connectivity index (χ0v) is 14.9. The molecule has 0 spiro atoms. The first-order valence-electron chi connectivity index (χ1n) is 8.16. The van der Waals surface area contributed by atoms with E-state index in [1.54, 1.807) is 7.11 Å². The molecule has 4 nitrogen and oxygen atoms in total. The van der Waals surface area contributed by atoms with Gasteiger partial charge in [-0.15, -0.1) is 0 Å². The van der Waals surface area contributed by atoms with Crippen LogP contribution in [-0.2, 0) is 14.3 Å². The SMILES string of the molecule is CCC(C)(C)OCCC(C)(C)NC(=O)CCCCCOC. The van der Waals surface area contributed by atoms with Crippen LogP contribution in [0.15, 0.2) is 0 Å². The summed E-state index contributed by atoms with van der Waals surface area (Å²) in [4.78, 5) is 11.9. The minimum absolute atomic E-state index is 0.0819. The molecule has 0 saturated carbocycles. The lowest BCUT2D eigenvalue weighted by atomic mass is 10.00. The third kappa shape index (κ3) is 11.7. The van der Waals surface area contributed by atoms with Crippen molar-refractivity contribution in [2.75, 3.05) is 20.3 Å². The van der Waals surface area contributed by atoms with Crippen molar-refractivity contribution in [1.82, 2.24) is 5.32 Å². The summed E-state index contributed by atoms with van der Waals surface area (Å²) in [6, 6.07) is 0. The summed E-state index contributed by atoms with van der Waals surface area (Å²) in [6.07, 6.45) is 5.38. The van der Waals surface area contributed by atoms with Gasteiger partial charge in [0.1, 0.15) is 0 Å². The van der Waals surface area contributed by atoms with Crippen LogP contribution in [0.1, 0.15) is 73.1 Å². The van der Waals surface area contributed by atoms with Gasteiger partial charge in [0.25, 0.3) is 0 Å². The van der Waals surface area contributed by atoms with Crippen LogP contribution >= 0.6 is 0 Å². The summed E-state index contributed by atoms with van der Waals surface area (Å²) in [7, 11) is 1.71. The second kappa shape index (κ2) is 10.2. The number of carbonyl (C=O) groups excluding carboxylic acids is 1. The first-order valence-corrected chi connectivity index (χ1v) is 8.16. The first kappa shape index (κ1) is 20.4. The Bertz CT molecular complexity index is 288. The number of nitrogens with one attached hydrogen (secondary N) is 1. The fraction of sp³-hybridized carbons (Fsp3) is 0.941. The predicted molar refractivity (Wildman–Crippen MR) is 87.5 cm³/mol. The Morgan fingerprint density at radius 2 is 1.71 bits per heavy atom. The third-order valence-corrected chi connectivity index (χ3v) is 3.80. The van der Waals surface area contributed by atoms with Gasteiger partial charge in [0.15, 0.2) is 0 Å². The largest absolute Gasteiger partial charge is 0.385 e. The molecule has 4 heteroatoms. The summed E-state index contributed by atoms with van der Waals surface area (Å²) in [5.41, 5.74) is -0.297. The molecular weight excluding hydrogens is 266 g/mol. The molecule has 1 N–H and O–H groups in total. The van der Waals surface area contributed by atoms with E-state index in [4.69, 9.17) is 9.47 Å². The highest BCUT2D eigenvalue weighted by atomic mass is 16.5. The molecule has 0 unspecified atom stereocenters. The van der Waals surface area contributed by atoms with Crippen LogP contribution in [-0.4, -0.2) is 37.4 Å². The van der Waals surface area contributed by atoms with Gasteiger partial charge in [0.05, 0.1) is 5.60 Å². The van der Waals surface area contributed by atoms with Crippen molar-refractivity contribution in [3.05, 3.63) is 0 Å². The van der Waals surface area contributed by atoms with Crippen LogP contribution in [0.4, 0.5) is 0 Å². The number of carbonyl (C=O) groups is 1. The van der Waals surface area contributed by atoms with Gasteiger partial charge in [0, 0.05) is 32.3 Å². The Labute approximate surface area is 131 Å². The zero-order chi connectivity index (χ0) is 16.4. The molecule has 0 aromatic carbocycles. The van der Waals surface area contributed by atoms with Crippen molar-refractivity contribution in [3.63, 3.8) is 0 Å². The van der Waals surface area contributed by atoms with Crippen LogP contribution in [0.3, 0.4) is 0 Å². The standard InChI is InChI=1S/C17H35NO3/c1-7-17(4,5)21-14-12-16(2,3)18-15(19)11-9-8-10-13-20-6/h7-14H2,1-6H3,(H,18,19). The number of hydrogen-bond donors (Lipinski definition) is 1. The second-order valence-corrected chi connectivity index (χ2v) is 6.95. The van der Waals surface area contributed by atoms with Crippen LogP contribution in [0.5, 0.6) is 0 Å². The average Bonchev–Trinajstić information content (AvgIpc) is 2.37. The van der Waals surface area contributed by atoms with E-state index < -0.39 is 0 Å². The molecule has 0 aromatic rings. The molecule has 0 rings (SSSR count). The van der Waals surface area contributed by atoms with Gasteiger partial charge < -0.3 is 14.8 Å². The molecule has 1 amide bonds. The number of methoxy groups -OCH3 is 1. The van der Waals surface area contributed by atoms with Gasteiger partial charge in [-0.05, 0) is 53.4 Å². The zero-order valence-electron chi connectivity index (χ0n) is 14.9. The molecule has 0 saturated heterocycles. The van der Waals surface area contributed by atoms with E-state index in [2.05, 4.69) is 39.9 Å². The molecule has 0 bridgehead atoms. The molecule has 0 fully saturated rings. The van der Waals surface area contributed by atoms with Crippen LogP contribution in [0.25, 0.3) is 0 Å². The van der Waals surface area contributed by atoms with E-state index in [0.29, 0.717) is 13.0 Å². The number of ether oxygens (including phenoxy) is 2. The molecule has 0 atom stereocenters. The van der Waals surface area contributed by atoms with E-state index in [1.165, 1.54) is 0 Å². The van der Waals surface area contributed by atoms with Crippen molar-refractivity contribution >= 4 is 5.91 Å². The minimum Gasteiger partial charge on any atom is -0.385 e. The molecule has 21 heavy (non-hydrogen) atoms. The monoisotopic (exact) mass is 301 g/mol. The van der Waals surface area contributed by atoms with Crippen molar-refractivity contribution in [1.29, 1.82) is 0 Å². The topological polar surface area (TPSA) is 47.6 Å². The van der Waals surface area contributed by atoms with Gasteiger partial charge in [-0.25, -0.2) is 0 Å². The molecule has 0 heterocycles. The van der Waals surface area contributed by atoms with Gasteiger partial charge in [-0.1, -0.05) is 13.3 Å². The molecule has 126 valence electrons. The normalized spacial score (nSPS) is 12.5. The number of amides is 1. The van der Waals surface area contributed by atoms with Gasteiger partial charge in [-0.3, -0.25) is 4.79 Å². The van der Waals surface area contributed by atoms with E-state index in [-0.39, 0.29) is 17.0 Å². The maximum atomic E-state index is 11.9. The summed E-state index contributed by atoms with van der Waals surface area (Å²) in [6.45, 7) is 11.9. The average molecular weight is 301 g/mol. The van der Waals surface area contributed by atoms with Gasteiger partial charge >= 0.3 is 0 Å². The summed E-state index contributed by atoms with van der Waals surface area (Å²) in [5.74, 6) is 0.132. The highest BCUT2D eigenvalue weighted by Gasteiger charge is 2.22. The lowest BCUT2D eigenvalue weighted by molar-refractivity contribution is -0.123. The minimum atomic E-state index is -0.215. The van der Waals surface area contributed by atoms with Crippen LogP contribution in [0.2, 0.25) is 0 Å². The van der Waals surface area contributed by atoms with Crippen LogP contribution in [0, 0.1) is 0 Å². The third-order valence-electron chi connectivity index (χ3n) is 3.80. The predicted octanol–water partition coefficient (Wildman–Crippen LogP) is 3.68. The van der Waals surface area contributed by atoms with Gasteiger partial charge in [0.2, 0.25) is 5.91 Å². The molecular formula is C17H35NO3. The van der Waals surface area contributed by atoms with E-state index in [0.717, 1.165) is 38.7 Å². The molecule has 0 aliphatic rings. The fourth-order valence-electron chi connectivity index (χ4n) is 1.90. The molecule has 0 aliphatic carbocycles. The Morgan fingerprint density at radius 3 is 2.29 bits per heavy atom. The summed E-state index contributed by atoms with van der Waals surface area (Å²) >= 11 is 0. The lowest BCUT2D eigenvalue weighted by Gasteiger charge is -2.29. The van der Waals surface area contributed by atoms with Crippen molar-refractivity contribution in [2.24, 2.45) is 0 Å². The fourth-order valence-corrected chi connectivity index (χ4v) is 1.90. The van der Waals surface area contributed by atoms with Gasteiger partial charge in [-0.2, -0.15) is 0 Å². The lowest BCUT2D eigenvalue weighted by Crippen LogP contribution is -2.44. The molecule has 0 radical (unpaired) electrons. The summed E-state index contributed by atoms with van der Waals surface area (Å²) in [5, 5.41) is 3.10. The first-order chi connectivity index (χ1) is 9.72. The quantitative estimate of drug-likeness (QED) is 0.559. The van der Waals surface area contributed by atoms with E-state index >= 15 is 0 Å². The van der Waals surface area contributed by atoms with E-state index in [1.807, 2.05) is 0 Å². The van der Waals surface area contributed by atoms with Crippen molar-refractivity contribution in [3.8, 4) is 0 Å².